The normalized spacial score (nSPS) is 17.7. The maximum atomic E-state index is 12.5. The van der Waals surface area contributed by atoms with E-state index in [1.54, 1.807) is 35.2 Å². The Morgan fingerprint density at radius 3 is 2.30 bits per heavy atom. The third kappa shape index (κ3) is 5.91. The van der Waals surface area contributed by atoms with Crippen molar-refractivity contribution in [3.05, 3.63) is 60.1 Å². The number of nitrogens with one attached hydrogen (secondary N) is 1. The lowest BCUT2D eigenvalue weighted by Crippen LogP contribution is -2.51. The van der Waals surface area contributed by atoms with Crippen LogP contribution in [0.25, 0.3) is 6.08 Å². The smallest absolute Gasteiger partial charge is 0.246 e. The molecular formula is C24H29N3O5S. The Morgan fingerprint density at radius 1 is 1.00 bits per heavy atom. The van der Waals surface area contributed by atoms with Gasteiger partial charge in [-0.15, -0.1) is 0 Å². The zero-order valence-electron chi connectivity index (χ0n) is 18.5. The molecule has 9 heteroatoms. The highest BCUT2D eigenvalue weighted by Gasteiger charge is 2.30. The number of rotatable bonds is 7. The Labute approximate surface area is 194 Å². The number of hydrogen-bond acceptors (Lipinski definition) is 5. The van der Waals surface area contributed by atoms with E-state index in [4.69, 9.17) is 4.42 Å². The van der Waals surface area contributed by atoms with Crippen LogP contribution in [-0.4, -0.2) is 56.2 Å². The number of hydrogen-bond donors (Lipinski definition) is 1. The van der Waals surface area contributed by atoms with E-state index in [2.05, 4.69) is 4.72 Å². The van der Waals surface area contributed by atoms with Gasteiger partial charge in [0, 0.05) is 38.2 Å². The average Bonchev–Trinajstić information content (AvgIpc) is 3.56. The van der Waals surface area contributed by atoms with Gasteiger partial charge < -0.3 is 14.2 Å². The van der Waals surface area contributed by atoms with E-state index in [0.717, 1.165) is 31.2 Å². The van der Waals surface area contributed by atoms with Gasteiger partial charge in [-0.1, -0.05) is 25.0 Å². The first-order chi connectivity index (χ1) is 15.9. The molecule has 1 aliphatic heterocycles. The number of sulfonamides is 1. The molecule has 2 heterocycles. The first kappa shape index (κ1) is 23.3. The van der Waals surface area contributed by atoms with Gasteiger partial charge in [-0.2, -0.15) is 0 Å². The Morgan fingerprint density at radius 2 is 1.67 bits per heavy atom. The van der Waals surface area contributed by atoms with Gasteiger partial charge in [0.2, 0.25) is 21.8 Å². The lowest BCUT2D eigenvalue weighted by Gasteiger charge is -2.35. The number of carbonyl (C=O) groups is 2. The van der Waals surface area contributed by atoms with Crippen LogP contribution in [0.1, 0.15) is 37.0 Å². The van der Waals surface area contributed by atoms with Crippen LogP contribution in [0, 0.1) is 5.92 Å². The second-order valence-electron chi connectivity index (χ2n) is 8.44. The predicted octanol–water partition coefficient (Wildman–Crippen LogP) is 2.63. The standard InChI is InChI=1S/C24H29N3O5S/c28-23(26-13-15-27(16-14-26)24(29)20-4-1-2-5-20)12-9-19-7-10-22(11-8-19)33(30,31)25-18-21-6-3-17-32-21/h3,6-12,17,20,25H,1-2,4-5,13-16,18H2/b12-9+. The van der Waals surface area contributed by atoms with Crippen molar-refractivity contribution in [2.24, 2.45) is 5.92 Å². The quantitative estimate of drug-likeness (QED) is 0.626. The third-order valence-corrected chi connectivity index (χ3v) is 7.65. The van der Waals surface area contributed by atoms with E-state index in [1.807, 2.05) is 4.90 Å². The van der Waals surface area contributed by atoms with Crippen LogP contribution >= 0.6 is 0 Å². The molecule has 33 heavy (non-hydrogen) atoms. The molecule has 1 N–H and O–H groups in total. The Bertz CT molecular complexity index is 1080. The number of nitrogens with zero attached hydrogens (tertiary/aromatic N) is 2. The van der Waals surface area contributed by atoms with Crippen LogP contribution in [-0.2, 0) is 26.2 Å². The summed E-state index contributed by atoms with van der Waals surface area (Å²) in [7, 11) is -3.66. The minimum Gasteiger partial charge on any atom is -0.468 e. The fraction of sp³-hybridized carbons (Fsp3) is 0.417. The van der Waals surface area contributed by atoms with Crippen molar-refractivity contribution in [1.29, 1.82) is 0 Å². The lowest BCUT2D eigenvalue weighted by molar-refractivity contribution is -0.140. The van der Waals surface area contributed by atoms with Gasteiger partial charge in [0.25, 0.3) is 0 Å². The van der Waals surface area contributed by atoms with Crippen molar-refractivity contribution >= 4 is 27.9 Å². The molecule has 2 aliphatic rings. The van der Waals surface area contributed by atoms with E-state index < -0.39 is 10.0 Å². The molecule has 1 aliphatic carbocycles. The highest BCUT2D eigenvalue weighted by molar-refractivity contribution is 7.89. The second kappa shape index (κ2) is 10.4. The van der Waals surface area contributed by atoms with Gasteiger partial charge in [0.05, 0.1) is 17.7 Å². The first-order valence-electron chi connectivity index (χ1n) is 11.3. The van der Waals surface area contributed by atoms with Crippen molar-refractivity contribution in [2.75, 3.05) is 26.2 Å². The van der Waals surface area contributed by atoms with E-state index in [1.165, 1.54) is 24.5 Å². The summed E-state index contributed by atoms with van der Waals surface area (Å²) in [6.07, 6.45) is 8.89. The Balaban J connectivity index is 1.27. The van der Waals surface area contributed by atoms with E-state index in [-0.39, 0.29) is 29.2 Å². The van der Waals surface area contributed by atoms with Crippen LogP contribution in [0.4, 0.5) is 0 Å². The minimum atomic E-state index is -3.66. The SMILES string of the molecule is O=C(/C=C/c1ccc(S(=O)(=O)NCc2ccco2)cc1)N1CCN(C(=O)C2CCCC2)CC1. The first-order valence-corrected chi connectivity index (χ1v) is 12.8. The number of amides is 2. The molecule has 0 spiro atoms. The fourth-order valence-electron chi connectivity index (χ4n) is 4.27. The van der Waals surface area contributed by atoms with Gasteiger partial charge in [0.15, 0.2) is 0 Å². The van der Waals surface area contributed by atoms with Crippen molar-refractivity contribution in [3.8, 4) is 0 Å². The zero-order chi connectivity index (χ0) is 23.3. The van der Waals surface area contributed by atoms with Gasteiger partial charge in [-0.25, -0.2) is 13.1 Å². The monoisotopic (exact) mass is 471 g/mol. The van der Waals surface area contributed by atoms with Gasteiger partial charge in [-0.05, 0) is 48.7 Å². The maximum absolute atomic E-state index is 12.5. The summed E-state index contributed by atoms with van der Waals surface area (Å²) in [5.74, 6) is 0.822. The van der Waals surface area contributed by atoms with Gasteiger partial charge in [0.1, 0.15) is 5.76 Å². The predicted molar refractivity (Wildman–Crippen MR) is 123 cm³/mol. The zero-order valence-corrected chi connectivity index (χ0v) is 19.3. The summed E-state index contributed by atoms with van der Waals surface area (Å²) >= 11 is 0. The molecule has 1 saturated heterocycles. The molecule has 2 amide bonds. The fourth-order valence-corrected chi connectivity index (χ4v) is 5.27. The number of piperazine rings is 1. The van der Waals surface area contributed by atoms with Crippen molar-refractivity contribution < 1.29 is 22.4 Å². The van der Waals surface area contributed by atoms with Crippen LogP contribution < -0.4 is 4.72 Å². The van der Waals surface area contributed by atoms with Crippen molar-refractivity contribution in [2.45, 2.75) is 37.1 Å². The third-order valence-electron chi connectivity index (χ3n) is 6.23. The molecule has 1 aromatic heterocycles. The van der Waals surface area contributed by atoms with Gasteiger partial charge in [-0.3, -0.25) is 9.59 Å². The Kier molecular flexibility index (Phi) is 7.29. The number of furan rings is 1. The lowest BCUT2D eigenvalue weighted by atomic mass is 10.1. The molecule has 0 bridgehead atoms. The highest BCUT2D eigenvalue weighted by Crippen LogP contribution is 2.27. The second-order valence-corrected chi connectivity index (χ2v) is 10.2. The summed E-state index contributed by atoms with van der Waals surface area (Å²) in [6.45, 7) is 2.28. The topological polar surface area (TPSA) is 99.9 Å². The molecule has 4 rings (SSSR count). The average molecular weight is 472 g/mol. The van der Waals surface area contributed by atoms with Crippen molar-refractivity contribution in [3.63, 3.8) is 0 Å². The number of carbonyl (C=O) groups excluding carboxylic acids is 2. The van der Waals surface area contributed by atoms with Crippen LogP contribution in [0.5, 0.6) is 0 Å². The molecule has 0 atom stereocenters. The van der Waals surface area contributed by atoms with E-state index >= 15 is 0 Å². The molecule has 176 valence electrons. The molecule has 2 fully saturated rings. The molecule has 8 nitrogen and oxygen atoms in total. The summed E-state index contributed by atoms with van der Waals surface area (Å²) in [4.78, 5) is 28.9. The van der Waals surface area contributed by atoms with Crippen LogP contribution in [0.2, 0.25) is 0 Å². The minimum absolute atomic E-state index is 0.0744. The maximum Gasteiger partial charge on any atom is 0.246 e. The molecule has 2 aromatic rings. The number of benzene rings is 1. The summed E-state index contributed by atoms with van der Waals surface area (Å²) in [6, 6.07) is 9.71. The summed E-state index contributed by atoms with van der Waals surface area (Å²) in [5, 5.41) is 0. The Hall–Kier alpha value is -2.91. The molecule has 0 radical (unpaired) electrons. The summed E-state index contributed by atoms with van der Waals surface area (Å²) < 4.78 is 32.4. The molecule has 1 saturated carbocycles. The van der Waals surface area contributed by atoms with Crippen molar-refractivity contribution in [1.82, 2.24) is 14.5 Å². The summed E-state index contributed by atoms with van der Waals surface area (Å²) in [5.41, 5.74) is 0.725. The molecular weight excluding hydrogens is 442 g/mol. The molecule has 0 unspecified atom stereocenters. The van der Waals surface area contributed by atoms with Crippen LogP contribution in [0.15, 0.2) is 58.1 Å². The van der Waals surface area contributed by atoms with Gasteiger partial charge >= 0.3 is 0 Å². The van der Waals surface area contributed by atoms with E-state index in [9.17, 15) is 18.0 Å². The molecule has 1 aromatic carbocycles. The largest absolute Gasteiger partial charge is 0.468 e. The highest BCUT2D eigenvalue weighted by atomic mass is 32.2. The van der Waals surface area contributed by atoms with Crippen LogP contribution in [0.3, 0.4) is 0 Å². The van der Waals surface area contributed by atoms with E-state index in [0.29, 0.717) is 31.9 Å².